The van der Waals surface area contributed by atoms with Crippen LogP contribution in [0.15, 0.2) is 23.0 Å². The molecule has 31 heavy (non-hydrogen) atoms. The third-order valence-electron chi connectivity index (χ3n) is 6.09. The van der Waals surface area contributed by atoms with Gasteiger partial charge in [-0.15, -0.1) is 0 Å². The van der Waals surface area contributed by atoms with E-state index in [1.54, 1.807) is 0 Å². The highest BCUT2D eigenvalue weighted by molar-refractivity contribution is 7.80. The van der Waals surface area contributed by atoms with E-state index >= 15 is 0 Å². The molecule has 2 N–H and O–H groups in total. The summed E-state index contributed by atoms with van der Waals surface area (Å²) < 4.78 is 10.9. The summed E-state index contributed by atoms with van der Waals surface area (Å²) in [5.74, 6) is 1.38. The molecule has 1 fully saturated rings. The number of pyridine rings is 1. The van der Waals surface area contributed by atoms with Gasteiger partial charge in [0, 0.05) is 29.6 Å². The Morgan fingerprint density at radius 1 is 1.16 bits per heavy atom. The maximum Gasteiger partial charge on any atom is 0.253 e. The summed E-state index contributed by atoms with van der Waals surface area (Å²) in [6, 6.07) is 6.09. The lowest BCUT2D eigenvalue weighted by atomic mass is 9.94. The van der Waals surface area contributed by atoms with Gasteiger partial charge in [0.15, 0.2) is 16.6 Å². The first-order chi connectivity index (χ1) is 15.0. The second-order valence-corrected chi connectivity index (χ2v) is 9.11. The zero-order chi connectivity index (χ0) is 21.8. The summed E-state index contributed by atoms with van der Waals surface area (Å²) in [7, 11) is 4.15. The number of nitrogens with one attached hydrogen (secondary N) is 2. The number of hydrogen-bond acceptors (Lipinski definition) is 5. The average molecular weight is 445 g/mol. The van der Waals surface area contributed by atoms with Crippen LogP contribution in [0.3, 0.4) is 0 Å². The van der Waals surface area contributed by atoms with Gasteiger partial charge in [-0.05, 0) is 64.3 Å². The quantitative estimate of drug-likeness (QED) is 0.502. The van der Waals surface area contributed by atoms with Gasteiger partial charge in [-0.25, -0.2) is 0 Å². The molecule has 0 bridgehead atoms. The molecule has 1 saturated carbocycles. The topological polar surface area (TPSA) is 69.8 Å². The van der Waals surface area contributed by atoms with Crippen LogP contribution in [-0.2, 0) is 6.54 Å². The molecule has 0 radical (unpaired) electrons. The van der Waals surface area contributed by atoms with Crippen molar-refractivity contribution in [1.29, 1.82) is 0 Å². The normalized spacial score (nSPS) is 16.1. The van der Waals surface area contributed by atoms with Crippen LogP contribution in [0.4, 0.5) is 0 Å². The number of fused-ring (bicyclic) bond motifs is 2. The van der Waals surface area contributed by atoms with Gasteiger partial charge >= 0.3 is 0 Å². The van der Waals surface area contributed by atoms with Crippen LogP contribution in [0.1, 0.15) is 44.1 Å². The van der Waals surface area contributed by atoms with E-state index in [1.165, 1.54) is 19.3 Å². The molecule has 2 aromatic rings. The fourth-order valence-corrected chi connectivity index (χ4v) is 4.71. The number of H-pyrrole nitrogens is 1. The molecule has 1 aliphatic carbocycles. The molecule has 1 aromatic carbocycles. The molecule has 0 unspecified atom stereocenters. The van der Waals surface area contributed by atoms with E-state index in [-0.39, 0.29) is 12.4 Å². The second kappa shape index (κ2) is 9.87. The number of thiocarbonyl (C=S) groups is 1. The lowest BCUT2D eigenvalue weighted by molar-refractivity contribution is 0.174. The summed E-state index contributed by atoms with van der Waals surface area (Å²) in [5, 5.41) is 5.11. The van der Waals surface area contributed by atoms with Crippen LogP contribution in [0, 0.1) is 0 Å². The van der Waals surface area contributed by atoms with Crippen molar-refractivity contribution >= 4 is 28.2 Å². The van der Waals surface area contributed by atoms with E-state index in [4.69, 9.17) is 21.7 Å². The second-order valence-electron chi connectivity index (χ2n) is 8.72. The van der Waals surface area contributed by atoms with Crippen molar-refractivity contribution in [2.24, 2.45) is 0 Å². The van der Waals surface area contributed by atoms with Crippen molar-refractivity contribution in [1.82, 2.24) is 20.1 Å². The SMILES string of the molecule is CN(C)CCCNC(=S)N(Cc1cc2cc3c(cc2[nH]c1=O)OCO3)C1CCCCC1. The predicted molar refractivity (Wildman–Crippen MR) is 127 cm³/mol. The minimum Gasteiger partial charge on any atom is -0.454 e. The Kier molecular flexibility index (Phi) is 6.97. The Labute approximate surface area is 188 Å². The Morgan fingerprint density at radius 3 is 2.65 bits per heavy atom. The van der Waals surface area contributed by atoms with E-state index in [0.29, 0.717) is 24.1 Å². The summed E-state index contributed by atoms with van der Waals surface area (Å²) >= 11 is 5.79. The Morgan fingerprint density at radius 2 is 1.90 bits per heavy atom. The zero-order valence-corrected chi connectivity index (χ0v) is 19.2. The molecule has 8 heteroatoms. The van der Waals surface area contributed by atoms with E-state index in [1.807, 2.05) is 18.2 Å². The molecule has 0 atom stereocenters. The fourth-order valence-electron chi connectivity index (χ4n) is 4.39. The van der Waals surface area contributed by atoms with Gasteiger partial charge < -0.3 is 29.6 Å². The van der Waals surface area contributed by atoms with Crippen molar-refractivity contribution in [3.05, 3.63) is 34.1 Å². The van der Waals surface area contributed by atoms with Crippen molar-refractivity contribution in [3.8, 4) is 11.5 Å². The van der Waals surface area contributed by atoms with Crippen LogP contribution >= 0.6 is 12.2 Å². The van der Waals surface area contributed by atoms with Gasteiger partial charge in [0.2, 0.25) is 6.79 Å². The first-order valence-electron chi connectivity index (χ1n) is 11.2. The molecule has 168 valence electrons. The predicted octanol–water partition coefficient (Wildman–Crippen LogP) is 3.22. The highest BCUT2D eigenvalue weighted by atomic mass is 32.1. The number of hydrogen-bond donors (Lipinski definition) is 2. The van der Waals surface area contributed by atoms with Crippen molar-refractivity contribution in [2.45, 2.75) is 51.1 Å². The monoisotopic (exact) mass is 444 g/mol. The number of benzene rings is 1. The molecular formula is C23H32N4O3S. The number of aromatic amines is 1. The van der Waals surface area contributed by atoms with Crippen LogP contribution in [-0.4, -0.2) is 59.9 Å². The number of aromatic nitrogens is 1. The van der Waals surface area contributed by atoms with E-state index in [2.05, 4.69) is 34.2 Å². The maximum atomic E-state index is 12.9. The molecule has 1 aliphatic heterocycles. The molecule has 2 heterocycles. The summed E-state index contributed by atoms with van der Waals surface area (Å²) in [5.41, 5.74) is 1.39. The highest BCUT2D eigenvalue weighted by Gasteiger charge is 2.25. The third-order valence-corrected chi connectivity index (χ3v) is 6.47. The summed E-state index contributed by atoms with van der Waals surface area (Å²) in [6.45, 7) is 2.56. The van der Waals surface area contributed by atoms with Gasteiger partial charge in [0.1, 0.15) is 0 Å². The van der Waals surface area contributed by atoms with Crippen molar-refractivity contribution in [3.63, 3.8) is 0 Å². The minimum atomic E-state index is -0.0809. The van der Waals surface area contributed by atoms with E-state index in [0.717, 1.165) is 53.9 Å². The number of nitrogens with zero attached hydrogens (tertiary/aromatic N) is 2. The van der Waals surface area contributed by atoms with Crippen molar-refractivity contribution in [2.75, 3.05) is 34.0 Å². The minimum absolute atomic E-state index is 0.0809. The standard InChI is InChI=1S/C23H32N4O3S/c1-26(2)10-6-9-24-23(31)27(18-7-4-3-5-8-18)14-17-11-16-12-20-21(30-15-29-20)13-19(16)25-22(17)28/h11-13,18H,3-10,14-15H2,1-2H3,(H,24,31)(H,25,28). The van der Waals surface area contributed by atoms with Crippen LogP contribution in [0.5, 0.6) is 11.5 Å². The fraction of sp³-hybridized carbons (Fsp3) is 0.565. The average Bonchev–Trinajstić information content (AvgIpc) is 3.21. The Bertz CT molecular complexity index is 985. The van der Waals surface area contributed by atoms with Gasteiger partial charge in [-0.1, -0.05) is 19.3 Å². The Balaban J connectivity index is 1.54. The Hall–Kier alpha value is -2.32. The lowest BCUT2D eigenvalue weighted by Crippen LogP contribution is -2.47. The summed E-state index contributed by atoms with van der Waals surface area (Å²) in [4.78, 5) is 20.3. The molecular weight excluding hydrogens is 412 g/mol. The third kappa shape index (κ3) is 5.30. The lowest BCUT2D eigenvalue weighted by Gasteiger charge is -2.36. The molecule has 0 amide bonds. The smallest absolute Gasteiger partial charge is 0.253 e. The van der Waals surface area contributed by atoms with Gasteiger partial charge in [0.25, 0.3) is 5.56 Å². The molecule has 4 rings (SSSR count). The van der Waals surface area contributed by atoms with Crippen LogP contribution < -0.4 is 20.3 Å². The first kappa shape index (κ1) is 21.9. The molecule has 1 aromatic heterocycles. The van der Waals surface area contributed by atoms with Gasteiger partial charge in [-0.3, -0.25) is 4.79 Å². The van der Waals surface area contributed by atoms with Gasteiger partial charge in [-0.2, -0.15) is 0 Å². The molecule has 7 nitrogen and oxygen atoms in total. The first-order valence-corrected chi connectivity index (χ1v) is 11.6. The van der Waals surface area contributed by atoms with Gasteiger partial charge in [0.05, 0.1) is 12.1 Å². The maximum absolute atomic E-state index is 12.9. The van der Waals surface area contributed by atoms with Crippen molar-refractivity contribution < 1.29 is 9.47 Å². The zero-order valence-electron chi connectivity index (χ0n) is 18.4. The number of rotatable bonds is 7. The van der Waals surface area contributed by atoms with Crippen LogP contribution in [0.25, 0.3) is 10.9 Å². The summed E-state index contributed by atoms with van der Waals surface area (Å²) in [6.07, 6.45) is 6.95. The van der Waals surface area contributed by atoms with Crippen LogP contribution in [0.2, 0.25) is 0 Å². The van der Waals surface area contributed by atoms with E-state index < -0.39 is 0 Å². The molecule has 0 saturated heterocycles. The molecule has 0 spiro atoms. The van der Waals surface area contributed by atoms with E-state index in [9.17, 15) is 4.79 Å². The highest BCUT2D eigenvalue weighted by Crippen LogP contribution is 2.35. The largest absolute Gasteiger partial charge is 0.454 e. The molecule has 2 aliphatic rings. The number of ether oxygens (including phenoxy) is 2.